The van der Waals surface area contributed by atoms with E-state index in [0.29, 0.717) is 12.3 Å². The van der Waals surface area contributed by atoms with Gasteiger partial charge in [0.2, 0.25) is 0 Å². The van der Waals surface area contributed by atoms with Crippen LogP contribution in [0, 0.1) is 0 Å². The van der Waals surface area contributed by atoms with Crippen LogP contribution >= 0.6 is 11.8 Å². The second-order valence-electron chi connectivity index (χ2n) is 4.13. The quantitative estimate of drug-likeness (QED) is 0.842. The molecule has 0 aliphatic heterocycles. The highest BCUT2D eigenvalue weighted by molar-refractivity contribution is 7.99. The summed E-state index contributed by atoms with van der Waals surface area (Å²) in [7, 11) is 0. The second kappa shape index (κ2) is 7.60. The standard InChI is InChI=1S/C16H17NO2S/c1-2-20-15-10-8-13(9-11-15)12-17-16(18)19-14-6-4-3-5-7-14/h3-11H,2,12H2,1H3,(H,17,18). The number of hydrogen-bond donors (Lipinski definition) is 1. The van der Waals surface area contributed by atoms with Crippen molar-refractivity contribution in [3.63, 3.8) is 0 Å². The van der Waals surface area contributed by atoms with Gasteiger partial charge in [-0.25, -0.2) is 4.79 Å². The van der Waals surface area contributed by atoms with E-state index < -0.39 is 6.09 Å². The van der Waals surface area contributed by atoms with E-state index in [-0.39, 0.29) is 0 Å². The Balaban J connectivity index is 1.81. The zero-order valence-electron chi connectivity index (χ0n) is 11.3. The fraction of sp³-hybridized carbons (Fsp3) is 0.188. The van der Waals surface area contributed by atoms with Crippen LogP contribution in [0.3, 0.4) is 0 Å². The predicted molar refractivity (Wildman–Crippen MR) is 82.1 cm³/mol. The monoisotopic (exact) mass is 287 g/mol. The van der Waals surface area contributed by atoms with E-state index >= 15 is 0 Å². The smallest absolute Gasteiger partial charge is 0.410 e. The van der Waals surface area contributed by atoms with Crippen molar-refractivity contribution in [2.75, 3.05) is 5.75 Å². The van der Waals surface area contributed by atoms with Gasteiger partial charge in [0.1, 0.15) is 5.75 Å². The minimum absolute atomic E-state index is 0.441. The highest BCUT2D eigenvalue weighted by Crippen LogP contribution is 2.17. The first kappa shape index (κ1) is 14.5. The number of ether oxygens (including phenoxy) is 1. The molecule has 0 bridgehead atoms. The van der Waals surface area contributed by atoms with Crippen LogP contribution in [0.15, 0.2) is 59.5 Å². The van der Waals surface area contributed by atoms with Gasteiger partial charge in [-0.1, -0.05) is 37.3 Å². The summed E-state index contributed by atoms with van der Waals surface area (Å²) < 4.78 is 5.14. The first-order valence-electron chi connectivity index (χ1n) is 6.50. The topological polar surface area (TPSA) is 38.3 Å². The molecule has 2 aromatic carbocycles. The molecule has 0 radical (unpaired) electrons. The third-order valence-electron chi connectivity index (χ3n) is 2.62. The third kappa shape index (κ3) is 4.63. The Morgan fingerprint density at radius 1 is 1.10 bits per heavy atom. The summed E-state index contributed by atoms with van der Waals surface area (Å²) in [5.41, 5.74) is 1.05. The van der Waals surface area contributed by atoms with Gasteiger partial charge in [0, 0.05) is 11.4 Å². The summed E-state index contributed by atoms with van der Waals surface area (Å²) in [6.07, 6.45) is -0.441. The molecule has 0 spiro atoms. The largest absolute Gasteiger partial charge is 0.412 e. The lowest BCUT2D eigenvalue weighted by Gasteiger charge is -2.07. The highest BCUT2D eigenvalue weighted by atomic mass is 32.2. The molecular formula is C16H17NO2S. The SMILES string of the molecule is CCSc1ccc(CNC(=O)Oc2ccccc2)cc1. The lowest BCUT2D eigenvalue weighted by molar-refractivity contribution is 0.200. The van der Waals surface area contributed by atoms with Crippen LogP contribution < -0.4 is 10.1 Å². The summed E-state index contributed by atoms with van der Waals surface area (Å²) in [4.78, 5) is 12.9. The Hall–Kier alpha value is -1.94. The summed E-state index contributed by atoms with van der Waals surface area (Å²) >= 11 is 1.80. The van der Waals surface area contributed by atoms with Crippen LogP contribution in [0.2, 0.25) is 0 Å². The number of amides is 1. The average molecular weight is 287 g/mol. The van der Waals surface area contributed by atoms with Crippen LogP contribution in [-0.4, -0.2) is 11.8 Å². The molecule has 4 heteroatoms. The van der Waals surface area contributed by atoms with E-state index in [1.54, 1.807) is 23.9 Å². The van der Waals surface area contributed by atoms with E-state index in [9.17, 15) is 4.79 Å². The number of thioether (sulfide) groups is 1. The van der Waals surface area contributed by atoms with Crippen LogP contribution in [-0.2, 0) is 6.54 Å². The lowest BCUT2D eigenvalue weighted by atomic mass is 10.2. The van der Waals surface area contributed by atoms with Crippen LogP contribution in [0.4, 0.5) is 4.79 Å². The maximum atomic E-state index is 11.6. The molecule has 0 aliphatic carbocycles. The molecule has 0 fully saturated rings. The molecule has 0 saturated carbocycles. The van der Waals surface area contributed by atoms with Crippen molar-refractivity contribution in [3.05, 3.63) is 60.2 Å². The van der Waals surface area contributed by atoms with E-state index in [2.05, 4.69) is 24.4 Å². The summed E-state index contributed by atoms with van der Waals surface area (Å²) in [5, 5.41) is 2.73. The van der Waals surface area contributed by atoms with Crippen molar-refractivity contribution in [2.24, 2.45) is 0 Å². The van der Waals surface area contributed by atoms with Crippen molar-refractivity contribution in [2.45, 2.75) is 18.4 Å². The molecule has 20 heavy (non-hydrogen) atoms. The van der Waals surface area contributed by atoms with E-state index in [0.717, 1.165) is 11.3 Å². The van der Waals surface area contributed by atoms with Gasteiger partial charge in [-0.05, 0) is 35.6 Å². The first-order valence-corrected chi connectivity index (χ1v) is 7.49. The second-order valence-corrected chi connectivity index (χ2v) is 5.47. The number of benzene rings is 2. The lowest BCUT2D eigenvalue weighted by Crippen LogP contribution is -2.26. The van der Waals surface area contributed by atoms with Gasteiger partial charge in [0.15, 0.2) is 0 Å². The molecule has 0 unspecified atom stereocenters. The van der Waals surface area contributed by atoms with Gasteiger partial charge in [-0.3, -0.25) is 0 Å². The van der Waals surface area contributed by atoms with Crippen LogP contribution in [0.1, 0.15) is 12.5 Å². The minimum atomic E-state index is -0.441. The molecule has 2 aromatic rings. The fourth-order valence-electron chi connectivity index (χ4n) is 1.68. The van der Waals surface area contributed by atoms with Gasteiger partial charge in [-0.2, -0.15) is 0 Å². The molecule has 1 N–H and O–H groups in total. The number of carbonyl (C=O) groups is 1. The molecule has 3 nitrogen and oxygen atoms in total. The van der Waals surface area contributed by atoms with E-state index in [4.69, 9.17) is 4.74 Å². The summed E-state index contributed by atoms with van der Waals surface area (Å²) in [6.45, 7) is 2.59. The Morgan fingerprint density at radius 2 is 1.80 bits per heavy atom. The predicted octanol–water partition coefficient (Wildman–Crippen LogP) is 4.09. The van der Waals surface area contributed by atoms with Gasteiger partial charge in [0.25, 0.3) is 0 Å². The minimum Gasteiger partial charge on any atom is -0.410 e. The molecule has 0 atom stereocenters. The molecule has 0 aliphatic rings. The summed E-state index contributed by atoms with van der Waals surface area (Å²) in [6, 6.07) is 17.2. The van der Waals surface area contributed by atoms with E-state index in [1.807, 2.05) is 30.3 Å². The zero-order valence-corrected chi connectivity index (χ0v) is 12.2. The first-order chi connectivity index (χ1) is 9.78. The number of rotatable bonds is 5. The van der Waals surface area contributed by atoms with Crippen LogP contribution in [0.5, 0.6) is 5.75 Å². The van der Waals surface area contributed by atoms with Crippen molar-refractivity contribution < 1.29 is 9.53 Å². The Morgan fingerprint density at radius 3 is 2.45 bits per heavy atom. The Bertz CT molecular complexity index is 540. The molecule has 0 aromatic heterocycles. The molecule has 2 rings (SSSR count). The van der Waals surface area contributed by atoms with Crippen molar-refractivity contribution >= 4 is 17.9 Å². The number of hydrogen-bond acceptors (Lipinski definition) is 3. The fourth-order valence-corrected chi connectivity index (χ4v) is 2.34. The maximum absolute atomic E-state index is 11.6. The molecule has 104 valence electrons. The molecular weight excluding hydrogens is 270 g/mol. The molecule has 1 amide bonds. The molecule has 0 saturated heterocycles. The zero-order chi connectivity index (χ0) is 14.2. The maximum Gasteiger partial charge on any atom is 0.412 e. The van der Waals surface area contributed by atoms with Gasteiger partial charge >= 0.3 is 6.09 Å². The third-order valence-corrected chi connectivity index (χ3v) is 3.52. The van der Waals surface area contributed by atoms with Crippen molar-refractivity contribution in [3.8, 4) is 5.75 Å². The van der Waals surface area contributed by atoms with E-state index in [1.165, 1.54) is 4.90 Å². The normalized spacial score (nSPS) is 10.1. The number of para-hydroxylation sites is 1. The molecule has 0 heterocycles. The number of nitrogens with one attached hydrogen (secondary N) is 1. The Labute approximate surface area is 123 Å². The van der Waals surface area contributed by atoms with Crippen LogP contribution in [0.25, 0.3) is 0 Å². The Kier molecular flexibility index (Phi) is 5.50. The average Bonchev–Trinajstić information content (AvgIpc) is 2.48. The van der Waals surface area contributed by atoms with Crippen molar-refractivity contribution in [1.29, 1.82) is 0 Å². The van der Waals surface area contributed by atoms with Crippen molar-refractivity contribution in [1.82, 2.24) is 5.32 Å². The van der Waals surface area contributed by atoms with Gasteiger partial charge in [0.05, 0.1) is 0 Å². The number of carbonyl (C=O) groups excluding carboxylic acids is 1. The summed E-state index contributed by atoms with van der Waals surface area (Å²) in [5.74, 6) is 1.60. The van der Waals surface area contributed by atoms with Gasteiger partial charge in [-0.15, -0.1) is 11.8 Å². The van der Waals surface area contributed by atoms with Gasteiger partial charge < -0.3 is 10.1 Å². The highest BCUT2D eigenvalue weighted by Gasteiger charge is 2.03.